The van der Waals surface area contributed by atoms with Gasteiger partial charge < -0.3 is 15.1 Å². The number of pyridine rings is 1. The quantitative estimate of drug-likeness (QED) is 0.766. The number of aromatic nitrogens is 1. The zero-order chi connectivity index (χ0) is 19.9. The van der Waals surface area contributed by atoms with Crippen molar-refractivity contribution in [3.63, 3.8) is 0 Å². The lowest BCUT2D eigenvalue weighted by Gasteiger charge is -2.26. The summed E-state index contributed by atoms with van der Waals surface area (Å²) in [4.78, 5) is 21.2. The number of hydrogen-bond acceptors (Lipinski definition) is 3. The van der Waals surface area contributed by atoms with Crippen LogP contribution in [0, 0.1) is 0 Å². The number of carbonyl (C=O) groups excluding carboxylic acids is 1. The Morgan fingerprint density at radius 2 is 1.86 bits per heavy atom. The lowest BCUT2D eigenvalue weighted by atomic mass is 10.1. The molecule has 1 unspecified atom stereocenters. The van der Waals surface area contributed by atoms with Crippen LogP contribution in [0.15, 0.2) is 42.6 Å². The van der Waals surface area contributed by atoms with E-state index in [9.17, 15) is 4.79 Å². The predicted molar refractivity (Wildman–Crippen MR) is 115 cm³/mol. The fraction of sp³-hybridized carbons (Fsp3) is 0.455. The molecule has 2 amide bonds. The molecule has 2 aromatic rings. The van der Waals surface area contributed by atoms with Gasteiger partial charge in [0.05, 0.1) is 6.04 Å². The number of amides is 2. The highest BCUT2D eigenvalue weighted by atomic mass is 35.5. The first-order chi connectivity index (χ1) is 13.5. The van der Waals surface area contributed by atoms with Crippen molar-refractivity contribution in [3.8, 4) is 0 Å². The minimum Gasteiger partial charge on any atom is -0.357 e. The zero-order valence-electron chi connectivity index (χ0n) is 16.7. The molecule has 28 heavy (non-hydrogen) atoms. The molecule has 5 nitrogen and oxygen atoms in total. The van der Waals surface area contributed by atoms with Crippen LogP contribution in [0.25, 0.3) is 0 Å². The lowest BCUT2D eigenvalue weighted by Crippen LogP contribution is -2.38. The van der Waals surface area contributed by atoms with Gasteiger partial charge in [0.15, 0.2) is 0 Å². The van der Waals surface area contributed by atoms with E-state index in [0.29, 0.717) is 11.6 Å². The SMILES string of the molecule is CC(c1ccc(Cl)cc1)N(C)C(=O)NCc1ccnc(N2CCCCCC2)c1. The Morgan fingerprint density at radius 3 is 2.54 bits per heavy atom. The van der Waals surface area contributed by atoms with Crippen LogP contribution in [0.4, 0.5) is 10.6 Å². The number of urea groups is 1. The minimum atomic E-state index is -0.101. The van der Waals surface area contributed by atoms with Crippen LogP contribution in [0.5, 0.6) is 0 Å². The zero-order valence-corrected chi connectivity index (χ0v) is 17.5. The molecule has 1 atom stereocenters. The van der Waals surface area contributed by atoms with E-state index in [-0.39, 0.29) is 12.1 Å². The largest absolute Gasteiger partial charge is 0.357 e. The molecule has 150 valence electrons. The first kappa shape index (κ1) is 20.5. The lowest BCUT2D eigenvalue weighted by molar-refractivity contribution is 0.194. The first-order valence-corrected chi connectivity index (χ1v) is 10.4. The van der Waals surface area contributed by atoms with E-state index in [1.807, 2.05) is 50.5 Å². The number of anilines is 1. The number of halogens is 1. The molecule has 1 aliphatic rings. The van der Waals surface area contributed by atoms with Gasteiger partial charge in [-0.1, -0.05) is 36.6 Å². The molecule has 6 heteroatoms. The molecule has 1 fully saturated rings. The van der Waals surface area contributed by atoms with E-state index in [0.717, 1.165) is 30.0 Å². The molecule has 1 aromatic carbocycles. The summed E-state index contributed by atoms with van der Waals surface area (Å²) in [5.41, 5.74) is 2.12. The molecular weight excluding hydrogens is 372 g/mol. The highest BCUT2D eigenvalue weighted by Gasteiger charge is 2.17. The molecule has 0 bridgehead atoms. The summed E-state index contributed by atoms with van der Waals surface area (Å²) in [6.45, 7) is 4.61. The fourth-order valence-corrected chi connectivity index (χ4v) is 3.61. The van der Waals surface area contributed by atoms with Gasteiger partial charge in [-0.15, -0.1) is 0 Å². The number of nitrogens with zero attached hydrogens (tertiary/aromatic N) is 3. The van der Waals surface area contributed by atoms with Gasteiger partial charge in [-0.3, -0.25) is 0 Å². The smallest absolute Gasteiger partial charge is 0.317 e. The van der Waals surface area contributed by atoms with Crippen LogP contribution >= 0.6 is 11.6 Å². The summed E-state index contributed by atoms with van der Waals surface area (Å²) in [5.74, 6) is 1.01. The molecule has 1 saturated heterocycles. The van der Waals surface area contributed by atoms with E-state index in [1.165, 1.54) is 25.7 Å². The van der Waals surface area contributed by atoms with Crippen molar-refractivity contribution in [2.45, 2.75) is 45.2 Å². The van der Waals surface area contributed by atoms with E-state index < -0.39 is 0 Å². The maximum Gasteiger partial charge on any atom is 0.317 e. The van der Waals surface area contributed by atoms with Gasteiger partial charge in [-0.2, -0.15) is 0 Å². The molecule has 0 radical (unpaired) electrons. The fourth-order valence-electron chi connectivity index (χ4n) is 3.49. The van der Waals surface area contributed by atoms with E-state index >= 15 is 0 Å². The van der Waals surface area contributed by atoms with Crippen LogP contribution in [-0.2, 0) is 6.54 Å². The van der Waals surface area contributed by atoms with Gasteiger partial charge >= 0.3 is 6.03 Å². The third kappa shape index (κ3) is 5.38. The van der Waals surface area contributed by atoms with Crippen molar-refractivity contribution in [1.29, 1.82) is 0 Å². The highest BCUT2D eigenvalue weighted by molar-refractivity contribution is 6.30. The second-order valence-corrected chi connectivity index (χ2v) is 7.86. The summed E-state index contributed by atoms with van der Waals surface area (Å²) in [6.07, 6.45) is 6.86. The average molecular weight is 401 g/mol. The van der Waals surface area contributed by atoms with Crippen molar-refractivity contribution in [3.05, 3.63) is 58.7 Å². The van der Waals surface area contributed by atoms with Crippen LogP contribution in [0.1, 0.15) is 49.8 Å². The van der Waals surface area contributed by atoms with Crippen molar-refractivity contribution in [1.82, 2.24) is 15.2 Å². The Bertz CT molecular complexity index is 772. The molecule has 1 aromatic heterocycles. The van der Waals surface area contributed by atoms with Gasteiger partial charge in [0.1, 0.15) is 5.82 Å². The van der Waals surface area contributed by atoms with Crippen molar-refractivity contribution >= 4 is 23.4 Å². The summed E-state index contributed by atoms with van der Waals surface area (Å²) < 4.78 is 0. The Balaban J connectivity index is 1.57. The van der Waals surface area contributed by atoms with E-state index in [2.05, 4.69) is 21.3 Å². The van der Waals surface area contributed by atoms with Crippen molar-refractivity contribution in [2.24, 2.45) is 0 Å². The minimum absolute atomic E-state index is 0.0395. The number of benzene rings is 1. The second kappa shape index (κ2) is 9.78. The third-order valence-electron chi connectivity index (χ3n) is 5.44. The maximum atomic E-state index is 12.6. The summed E-state index contributed by atoms with van der Waals surface area (Å²) in [6, 6.07) is 11.5. The second-order valence-electron chi connectivity index (χ2n) is 7.42. The van der Waals surface area contributed by atoms with E-state index in [4.69, 9.17) is 11.6 Å². The summed E-state index contributed by atoms with van der Waals surface area (Å²) in [5, 5.41) is 3.71. The van der Waals surface area contributed by atoms with Gasteiger partial charge in [-0.05, 0) is 55.2 Å². The maximum absolute atomic E-state index is 12.6. The first-order valence-electron chi connectivity index (χ1n) is 10.0. The number of rotatable bonds is 5. The number of hydrogen-bond donors (Lipinski definition) is 1. The van der Waals surface area contributed by atoms with Crippen LogP contribution in [0.2, 0.25) is 5.02 Å². The van der Waals surface area contributed by atoms with Crippen LogP contribution in [-0.4, -0.2) is 36.1 Å². The summed E-state index contributed by atoms with van der Waals surface area (Å²) >= 11 is 5.95. The van der Waals surface area contributed by atoms with E-state index in [1.54, 1.807) is 4.90 Å². The van der Waals surface area contributed by atoms with Gasteiger partial charge in [0.25, 0.3) is 0 Å². The Hall–Kier alpha value is -2.27. The molecule has 0 aliphatic carbocycles. The van der Waals surface area contributed by atoms with Crippen molar-refractivity contribution in [2.75, 3.05) is 25.0 Å². The molecule has 3 rings (SSSR count). The normalized spacial score (nSPS) is 15.6. The van der Waals surface area contributed by atoms with Gasteiger partial charge in [0.2, 0.25) is 0 Å². The Labute approximate surface area is 172 Å². The average Bonchev–Trinajstić information content (AvgIpc) is 3.01. The topological polar surface area (TPSA) is 48.5 Å². The highest BCUT2D eigenvalue weighted by Crippen LogP contribution is 2.21. The summed E-state index contributed by atoms with van der Waals surface area (Å²) in [7, 11) is 1.81. The van der Waals surface area contributed by atoms with Crippen molar-refractivity contribution < 1.29 is 4.79 Å². The standard InChI is InChI=1S/C22H29ClN4O/c1-17(19-7-9-20(23)10-8-19)26(2)22(28)25-16-18-11-12-24-21(15-18)27-13-5-3-4-6-14-27/h7-12,15,17H,3-6,13-14,16H2,1-2H3,(H,25,28). The van der Waals surface area contributed by atoms with Crippen LogP contribution in [0.3, 0.4) is 0 Å². The molecule has 1 N–H and O–H groups in total. The van der Waals surface area contributed by atoms with Gasteiger partial charge in [0, 0.05) is 37.9 Å². The molecular formula is C22H29ClN4O. The number of nitrogens with one attached hydrogen (secondary N) is 1. The monoisotopic (exact) mass is 400 g/mol. The Morgan fingerprint density at radius 1 is 1.18 bits per heavy atom. The predicted octanol–water partition coefficient (Wildman–Crippen LogP) is 5.02. The van der Waals surface area contributed by atoms with Crippen LogP contribution < -0.4 is 10.2 Å². The molecule has 0 spiro atoms. The molecule has 2 heterocycles. The van der Waals surface area contributed by atoms with Gasteiger partial charge in [-0.25, -0.2) is 9.78 Å². The third-order valence-corrected chi connectivity index (χ3v) is 5.69. The number of carbonyl (C=O) groups is 1. The molecule has 1 aliphatic heterocycles. The Kier molecular flexibility index (Phi) is 7.15. The molecule has 0 saturated carbocycles.